The Morgan fingerprint density at radius 2 is 1.88 bits per heavy atom. The highest BCUT2D eigenvalue weighted by Gasteiger charge is 2.11. The summed E-state index contributed by atoms with van der Waals surface area (Å²) in [5.41, 5.74) is 0.642. The van der Waals surface area contributed by atoms with E-state index in [2.05, 4.69) is 0 Å². The molecule has 2 aromatic carbocycles. The van der Waals surface area contributed by atoms with Gasteiger partial charge in [0.25, 0.3) is 0 Å². The third kappa shape index (κ3) is 2.34. The molecule has 2 nitrogen and oxygen atoms in total. The Kier molecular flexibility index (Phi) is 3.20. The Morgan fingerprint density at radius 1 is 1.12 bits per heavy atom. The molecule has 0 aliphatic carbocycles. The van der Waals surface area contributed by atoms with Crippen LogP contribution in [0, 0.1) is 5.82 Å². The Hall–Kier alpha value is -1.74. The first kappa shape index (κ1) is 11.7. The number of halogens is 2. The smallest absolute Gasteiger partial charge is 0.134 e. The molecule has 0 saturated carbocycles. The fraction of sp³-hybridized carbons (Fsp3) is 0.0769. The van der Waals surface area contributed by atoms with Crippen molar-refractivity contribution in [3.8, 4) is 22.6 Å². The van der Waals surface area contributed by atoms with Gasteiger partial charge in [-0.2, -0.15) is 0 Å². The molecule has 4 heteroatoms. The maximum Gasteiger partial charge on any atom is 0.134 e. The van der Waals surface area contributed by atoms with Crippen LogP contribution in [0.3, 0.4) is 0 Å². The van der Waals surface area contributed by atoms with Gasteiger partial charge < -0.3 is 9.84 Å². The van der Waals surface area contributed by atoms with Crippen molar-refractivity contribution >= 4 is 11.6 Å². The van der Waals surface area contributed by atoms with Crippen molar-refractivity contribution < 1.29 is 14.2 Å². The summed E-state index contributed by atoms with van der Waals surface area (Å²) in [5, 5.41) is 10.1. The van der Waals surface area contributed by atoms with Crippen molar-refractivity contribution in [1.82, 2.24) is 0 Å². The van der Waals surface area contributed by atoms with Crippen LogP contribution in [0.2, 0.25) is 5.02 Å². The molecule has 0 bridgehead atoms. The van der Waals surface area contributed by atoms with E-state index >= 15 is 0 Å². The predicted molar refractivity (Wildman–Crippen MR) is 65.1 cm³/mol. The first-order chi connectivity index (χ1) is 8.11. The number of phenols is 1. The average Bonchev–Trinajstić information content (AvgIpc) is 2.32. The molecule has 0 aliphatic heterocycles. The maximum absolute atomic E-state index is 13.8. The summed E-state index contributed by atoms with van der Waals surface area (Å²) in [6.07, 6.45) is 0. The van der Waals surface area contributed by atoms with Gasteiger partial charge in [-0.1, -0.05) is 11.6 Å². The highest BCUT2D eigenvalue weighted by Crippen LogP contribution is 2.34. The number of methoxy groups -OCH3 is 1. The third-order valence-electron chi connectivity index (χ3n) is 2.43. The summed E-state index contributed by atoms with van der Waals surface area (Å²) >= 11 is 5.82. The van der Waals surface area contributed by atoms with Gasteiger partial charge >= 0.3 is 0 Å². The SMILES string of the molecule is COc1ccc(-c2cc(Cl)ccc2O)c(F)c1. The molecular formula is C13H10ClFO2. The Bertz CT molecular complexity index is 555. The Labute approximate surface area is 103 Å². The van der Waals surface area contributed by atoms with Gasteiger partial charge in [-0.25, -0.2) is 4.39 Å². The van der Waals surface area contributed by atoms with Gasteiger partial charge in [0.15, 0.2) is 0 Å². The van der Waals surface area contributed by atoms with Crippen molar-refractivity contribution in [1.29, 1.82) is 0 Å². The van der Waals surface area contributed by atoms with Crippen LogP contribution in [0.25, 0.3) is 11.1 Å². The first-order valence-corrected chi connectivity index (χ1v) is 5.32. The summed E-state index contributed by atoms with van der Waals surface area (Å²) in [7, 11) is 1.46. The summed E-state index contributed by atoms with van der Waals surface area (Å²) in [6, 6.07) is 8.92. The minimum absolute atomic E-state index is 0.0153. The molecule has 0 fully saturated rings. The van der Waals surface area contributed by atoms with Gasteiger partial charge in [-0.3, -0.25) is 0 Å². The van der Waals surface area contributed by atoms with Gasteiger partial charge in [0.05, 0.1) is 7.11 Å². The van der Waals surface area contributed by atoms with E-state index in [1.54, 1.807) is 18.2 Å². The van der Waals surface area contributed by atoms with Gasteiger partial charge in [0.1, 0.15) is 17.3 Å². The van der Waals surface area contributed by atoms with Crippen molar-refractivity contribution in [3.63, 3.8) is 0 Å². The van der Waals surface area contributed by atoms with Gasteiger partial charge in [0, 0.05) is 22.2 Å². The molecule has 0 saturated heterocycles. The zero-order chi connectivity index (χ0) is 12.4. The van der Waals surface area contributed by atoms with Gasteiger partial charge in [-0.15, -0.1) is 0 Å². The van der Waals surface area contributed by atoms with Crippen molar-refractivity contribution in [2.75, 3.05) is 7.11 Å². The molecule has 0 amide bonds. The van der Waals surface area contributed by atoms with Crippen molar-refractivity contribution in [2.24, 2.45) is 0 Å². The molecule has 0 unspecified atom stereocenters. The van der Waals surface area contributed by atoms with E-state index in [0.29, 0.717) is 16.3 Å². The monoisotopic (exact) mass is 252 g/mol. The van der Waals surface area contributed by atoms with Crippen LogP contribution in [0.15, 0.2) is 36.4 Å². The predicted octanol–water partition coefficient (Wildman–Crippen LogP) is 3.86. The van der Waals surface area contributed by atoms with Crippen LogP contribution >= 0.6 is 11.6 Å². The van der Waals surface area contributed by atoms with E-state index in [0.717, 1.165) is 0 Å². The molecule has 1 N–H and O–H groups in total. The van der Waals surface area contributed by atoms with Gasteiger partial charge in [-0.05, 0) is 30.3 Å². The maximum atomic E-state index is 13.8. The highest BCUT2D eigenvalue weighted by molar-refractivity contribution is 6.31. The zero-order valence-corrected chi connectivity index (χ0v) is 9.83. The van der Waals surface area contributed by atoms with E-state index in [-0.39, 0.29) is 11.3 Å². The fourth-order valence-electron chi connectivity index (χ4n) is 1.57. The third-order valence-corrected chi connectivity index (χ3v) is 2.66. The molecule has 0 heterocycles. The summed E-state index contributed by atoms with van der Waals surface area (Å²) in [4.78, 5) is 0. The second-order valence-corrected chi connectivity index (χ2v) is 3.94. The molecule has 0 atom stereocenters. The number of ether oxygens (including phenoxy) is 1. The highest BCUT2D eigenvalue weighted by atomic mass is 35.5. The molecule has 2 rings (SSSR count). The van der Waals surface area contributed by atoms with E-state index in [1.807, 2.05) is 0 Å². The second-order valence-electron chi connectivity index (χ2n) is 3.51. The standard InChI is InChI=1S/C13H10ClFO2/c1-17-9-3-4-10(12(15)7-9)11-6-8(14)2-5-13(11)16/h2-7,16H,1H3. The summed E-state index contributed by atoms with van der Waals surface area (Å²) < 4.78 is 18.7. The largest absolute Gasteiger partial charge is 0.507 e. The number of benzene rings is 2. The minimum Gasteiger partial charge on any atom is -0.507 e. The van der Waals surface area contributed by atoms with E-state index < -0.39 is 5.82 Å². The van der Waals surface area contributed by atoms with Crippen molar-refractivity contribution in [3.05, 3.63) is 47.2 Å². The lowest BCUT2D eigenvalue weighted by Gasteiger charge is -2.08. The molecule has 2 aromatic rings. The lowest BCUT2D eigenvalue weighted by Crippen LogP contribution is -1.88. The van der Waals surface area contributed by atoms with E-state index in [1.165, 1.54) is 25.3 Å². The normalized spacial score (nSPS) is 10.3. The van der Waals surface area contributed by atoms with E-state index in [9.17, 15) is 9.50 Å². The number of hydrogen-bond acceptors (Lipinski definition) is 2. The van der Waals surface area contributed by atoms with Crippen LogP contribution in [0.4, 0.5) is 4.39 Å². The quantitative estimate of drug-likeness (QED) is 0.879. The summed E-state index contributed by atoms with van der Waals surface area (Å²) in [6.45, 7) is 0. The molecule has 0 radical (unpaired) electrons. The minimum atomic E-state index is -0.470. The fourth-order valence-corrected chi connectivity index (χ4v) is 1.74. The topological polar surface area (TPSA) is 29.5 Å². The number of rotatable bonds is 2. The Morgan fingerprint density at radius 3 is 2.53 bits per heavy atom. The van der Waals surface area contributed by atoms with Crippen LogP contribution in [-0.2, 0) is 0 Å². The van der Waals surface area contributed by atoms with Crippen LogP contribution < -0.4 is 4.74 Å². The average molecular weight is 253 g/mol. The zero-order valence-electron chi connectivity index (χ0n) is 9.08. The number of aromatic hydroxyl groups is 1. The van der Waals surface area contributed by atoms with E-state index in [4.69, 9.17) is 16.3 Å². The van der Waals surface area contributed by atoms with Crippen LogP contribution in [0.5, 0.6) is 11.5 Å². The second kappa shape index (κ2) is 4.63. The number of phenolic OH excluding ortho intramolecular Hbond substituents is 1. The van der Waals surface area contributed by atoms with Crippen molar-refractivity contribution in [2.45, 2.75) is 0 Å². The molecular weight excluding hydrogens is 243 g/mol. The Balaban J connectivity index is 2.56. The lowest BCUT2D eigenvalue weighted by molar-refractivity contribution is 0.411. The first-order valence-electron chi connectivity index (χ1n) is 4.94. The summed E-state index contributed by atoms with van der Waals surface area (Å²) in [5.74, 6) is -0.0619. The molecule has 0 spiro atoms. The van der Waals surface area contributed by atoms with Gasteiger partial charge in [0.2, 0.25) is 0 Å². The molecule has 0 aliphatic rings. The number of hydrogen-bond donors (Lipinski definition) is 1. The molecule has 17 heavy (non-hydrogen) atoms. The molecule has 88 valence electrons. The lowest BCUT2D eigenvalue weighted by atomic mass is 10.0. The van der Waals surface area contributed by atoms with Crippen LogP contribution in [0.1, 0.15) is 0 Å². The van der Waals surface area contributed by atoms with Crippen LogP contribution in [-0.4, -0.2) is 12.2 Å². The molecule has 0 aromatic heterocycles.